The molecule has 3 rings (SSSR count). The van der Waals surface area contributed by atoms with Crippen LogP contribution in [0.25, 0.3) is 10.9 Å². The van der Waals surface area contributed by atoms with Crippen LogP contribution in [0.4, 0.5) is 0 Å². The molecule has 0 aliphatic heterocycles. The van der Waals surface area contributed by atoms with Crippen molar-refractivity contribution >= 4 is 10.9 Å². The van der Waals surface area contributed by atoms with E-state index in [0.717, 1.165) is 11.9 Å². The monoisotopic (exact) mass is 317 g/mol. The number of benzene rings is 2. The van der Waals surface area contributed by atoms with Gasteiger partial charge in [0, 0.05) is 11.6 Å². The van der Waals surface area contributed by atoms with E-state index in [9.17, 15) is 0 Å². The number of pyridine rings is 1. The molecule has 3 aromatic rings. The molecule has 0 saturated carbocycles. The van der Waals surface area contributed by atoms with Crippen LogP contribution < -0.4 is 0 Å². The fourth-order valence-corrected chi connectivity index (χ4v) is 3.38. The summed E-state index contributed by atoms with van der Waals surface area (Å²) < 4.78 is 0. The van der Waals surface area contributed by atoms with Gasteiger partial charge in [-0.25, -0.2) is 0 Å². The van der Waals surface area contributed by atoms with Gasteiger partial charge >= 0.3 is 0 Å². The minimum atomic E-state index is 0.948. The molecule has 2 aromatic carbocycles. The first-order valence-corrected chi connectivity index (χ1v) is 9.10. The van der Waals surface area contributed by atoms with Crippen molar-refractivity contribution in [3.05, 3.63) is 76.5 Å². The summed E-state index contributed by atoms with van der Waals surface area (Å²) in [6.45, 7) is 6.59. The molecule has 0 radical (unpaired) electrons. The summed E-state index contributed by atoms with van der Waals surface area (Å²) in [7, 11) is 0. The Labute approximate surface area is 145 Å². The molecule has 0 aliphatic carbocycles. The third-order valence-electron chi connectivity index (χ3n) is 4.77. The van der Waals surface area contributed by atoms with Crippen molar-refractivity contribution < 1.29 is 0 Å². The van der Waals surface area contributed by atoms with E-state index in [2.05, 4.69) is 68.2 Å². The highest BCUT2D eigenvalue weighted by Crippen LogP contribution is 2.24. The summed E-state index contributed by atoms with van der Waals surface area (Å²) in [5.74, 6) is 0. The first-order valence-electron chi connectivity index (χ1n) is 9.10. The largest absolute Gasteiger partial charge is 0.256 e. The molecule has 0 spiro atoms. The number of rotatable bonds is 6. The van der Waals surface area contributed by atoms with Gasteiger partial charge in [-0.15, -0.1) is 0 Å². The van der Waals surface area contributed by atoms with Gasteiger partial charge < -0.3 is 0 Å². The predicted octanol–water partition coefficient (Wildman–Crippen LogP) is 6.18. The van der Waals surface area contributed by atoms with Gasteiger partial charge in [0.1, 0.15) is 0 Å². The minimum absolute atomic E-state index is 0.948. The summed E-state index contributed by atoms with van der Waals surface area (Å²) in [6.07, 6.45) is 7.97. The summed E-state index contributed by atoms with van der Waals surface area (Å²) in [5, 5.41) is 1.28. The Balaban J connectivity index is 1.83. The second-order valence-corrected chi connectivity index (χ2v) is 6.90. The van der Waals surface area contributed by atoms with Crippen molar-refractivity contribution in [3.8, 4) is 0 Å². The first-order chi connectivity index (χ1) is 11.7. The number of hydrogen-bond acceptors (Lipinski definition) is 1. The second-order valence-electron chi connectivity index (χ2n) is 6.90. The van der Waals surface area contributed by atoms with Gasteiger partial charge in [-0.2, -0.15) is 0 Å². The van der Waals surface area contributed by atoms with Crippen LogP contribution in [0.5, 0.6) is 0 Å². The summed E-state index contributed by atoms with van der Waals surface area (Å²) in [5.41, 5.74) is 7.90. The normalized spacial score (nSPS) is 11.1. The molecule has 0 unspecified atom stereocenters. The molecule has 0 atom stereocenters. The minimum Gasteiger partial charge on any atom is -0.256 e. The highest BCUT2D eigenvalue weighted by atomic mass is 14.7. The van der Waals surface area contributed by atoms with Crippen LogP contribution in [0.1, 0.15) is 54.0 Å². The molecule has 1 heteroatoms. The standard InChI is InChI=1S/C23H27N/c1-4-5-6-7-19-8-10-20(11-9-19)16-21-14-17(2)15-22-18(3)12-13-24-23(21)22/h8-15H,4-7,16H2,1-3H3. The third-order valence-corrected chi connectivity index (χ3v) is 4.77. The molecule has 0 saturated heterocycles. The molecule has 1 nitrogen and oxygen atoms in total. The maximum absolute atomic E-state index is 4.65. The maximum atomic E-state index is 4.65. The van der Waals surface area contributed by atoms with E-state index in [4.69, 9.17) is 0 Å². The first kappa shape index (κ1) is 16.7. The van der Waals surface area contributed by atoms with Gasteiger partial charge in [-0.1, -0.05) is 55.7 Å². The molecule has 124 valence electrons. The molecule has 1 aromatic heterocycles. The lowest BCUT2D eigenvalue weighted by atomic mass is 9.96. The molecule has 0 aliphatic rings. The smallest absolute Gasteiger partial charge is 0.0740 e. The lowest BCUT2D eigenvalue weighted by Crippen LogP contribution is -1.95. The average molecular weight is 317 g/mol. The lowest BCUT2D eigenvalue weighted by molar-refractivity contribution is 0.717. The highest BCUT2D eigenvalue weighted by Gasteiger charge is 2.07. The quantitative estimate of drug-likeness (QED) is 0.495. The Morgan fingerprint density at radius 1 is 0.875 bits per heavy atom. The van der Waals surface area contributed by atoms with Crippen LogP contribution in [0.3, 0.4) is 0 Å². The fraction of sp³-hybridized carbons (Fsp3) is 0.348. The molecular formula is C23H27N. The van der Waals surface area contributed by atoms with Crippen molar-refractivity contribution in [1.29, 1.82) is 0 Å². The lowest BCUT2D eigenvalue weighted by Gasteiger charge is -2.10. The van der Waals surface area contributed by atoms with E-state index >= 15 is 0 Å². The van der Waals surface area contributed by atoms with Crippen LogP contribution >= 0.6 is 0 Å². The van der Waals surface area contributed by atoms with E-state index in [-0.39, 0.29) is 0 Å². The van der Waals surface area contributed by atoms with Gasteiger partial charge in [0.25, 0.3) is 0 Å². The van der Waals surface area contributed by atoms with Crippen molar-refractivity contribution in [2.75, 3.05) is 0 Å². The zero-order valence-electron chi connectivity index (χ0n) is 15.1. The van der Waals surface area contributed by atoms with E-state index in [0.29, 0.717) is 0 Å². The summed E-state index contributed by atoms with van der Waals surface area (Å²) in [6, 6.07) is 15.8. The van der Waals surface area contributed by atoms with Crippen molar-refractivity contribution in [2.24, 2.45) is 0 Å². The zero-order valence-corrected chi connectivity index (χ0v) is 15.1. The Morgan fingerprint density at radius 2 is 1.62 bits per heavy atom. The summed E-state index contributed by atoms with van der Waals surface area (Å²) >= 11 is 0. The van der Waals surface area contributed by atoms with Crippen LogP contribution in [0.15, 0.2) is 48.7 Å². The highest BCUT2D eigenvalue weighted by molar-refractivity contribution is 5.85. The third kappa shape index (κ3) is 3.84. The molecule has 24 heavy (non-hydrogen) atoms. The Morgan fingerprint density at radius 3 is 2.38 bits per heavy atom. The van der Waals surface area contributed by atoms with E-state index in [1.807, 2.05) is 6.20 Å². The Hall–Kier alpha value is -2.15. The fourth-order valence-electron chi connectivity index (χ4n) is 3.38. The van der Waals surface area contributed by atoms with Crippen molar-refractivity contribution in [1.82, 2.24) is 4.98 Å². The van der Waals surface area contributed by atoms with Crippen LogP contribution in [0, 0.1) is 13.8 Å². The zero-order chi connectivity index (χ0) is 16.9. The number of aromatic nitrogens is 1. The SMILES string of the molecule is CCCCCc1ccc(Cc2cc(C)cc3c(C)ccnc23)cc1. The number of unbranched alkanes of at least 4 members (excludes halogenated alkanes) is 2. The molecule has 0 bridgehead atoms. The van der Waals surface area contributed by atoms with E-state index in [1.54, 1.807) is 0 Å². The topological polar surface area (TPSA) is 12.9 Å². The van der Waals surface area contributed by atoms with Crippen LogP contribution in [-0.2, 0) is 12.8 Å². The molecular weight excluding hydrogens is 290 g/mol. The van der Waals surface area contributed by atoms with Crippen LogP contribution in [0.2, 0.25) is 0 Å². The molecule has 0 amide bonds. The second kappa shape index (κ2) is 7.61. The molecule has 1 heterocycles. The van der Waals surface area contributed by atoms with Crippen LogP contribution in [-0.4, -0.2) is 4.98 Å². The Bertz CT molecular complexity index is 815. The molecule has 0 N–H and O–H groups in total. The van der Waals surface area contributed by atoms with Crippen molar-refractivity contribution in [2.45, 2.75) is 52.9 Å². The number of hydrogen-bond donors (Lipinski definition) is 0. The van der Waals surface area contributed by atoms with E-state index in [1.165, 1.54) is 58.9 Å². The Kier molecular flexibility index (Phi) is 5.30. The van der Waals surface area contributed by atoms with E-state index < -0.39 is 0 Å². The van der Waals surface area contributed by atoms with Crippen molar-refractivity contribution in [3.63, 3.8) is 0 Å². The van der Waals surface area contributed by atoms with Gasteiger partial charge in [0.2, 0.25) is 0 Å². The average Bonchev–Trinajstić information content (AvgIpc) is 2.58. The van der Waals surface area contributed by atoms with Gasteiger partial charge in [-0.3, -0.25) is 4.98 Å². The predicted molar refractivity (Wildman–Crippen MR) is 104 cm³/mol. The maximum Gasteiger partial charge on any atom is 0.0740 e. The molecule has 0 fully saturated rings. The number of aryl methyl sites for hydroxylation is 3. The number of fused-ring (bicyclic) bond motifs is 1. The van der Waals surface area contributed by atoms with Gasteiger partial charge in [-0.05, 0) is 67.5 Å². The number of nitrogens with zero attached hydrogens (tertiary/aromatic N) is 1. The van der Waals surface area contributed by atoms with Gasteiger partial charge in [0.15, 0.2) is 0 Å². The van der Waals surface area contributed by atoms with Gasteiger partial charge in [0.05, 0.1) is 5.52 Å². The summed E-state index contributed by atoms with van der Waals surface area (Å²) in [4.78, 5) is 4.65.